The van der Waals surface area contributed by atoms with E-state index >= 15 is 0 Å². The van der Waals surface area contributed by atoms with Crippen molar-refractivity contribution in [3.05, 3.63) is 96.3 Å². The lowest BCUT2D eigenvalue weighted by Gasteiger charge is -2.15. The second-order valence-corrected chi connectivity index (χ2v) is 11.1. The number of thioether (sulfide) groups is 1. The third-order valence-electron chi connectivity index (χ3n) is 4.68. The van der Waals surface area contributed by atoms with Crippen LogP contribution in [0.5, 0.6) is 0 Å². The summed E-state index contributed by atoms with van der Waals surface area (Å²) in [5, 5.41) is 12.2. The van der Waals surface area contributed by atoms with Crippen LogP contribution in [-0.4, -0.2) is 15.2 Å². The maximum atomic E-state index is 13.0. The number of thiocarbonyl (C=S) groups is 1. The monoisotopic (exact) mass is 576 g/mol. The predicted molar refractivity (Wildman–Crippen MR) is 143 cm³/mol. The Balaban J connectivity index is 1.63. The first kappa shape index (κ1) is 24.0. The van der Waals surface area contributed by atoms with Crippen LogP contribution in [0.3, 0.4) is 0 Å². The quantitative estimate of drug-likeness (QED) is 0.133. The fraction of sp³-hybridized carbons (Fsp3) is 0.0435. The number of hydrogen-bond donors (Lipinski definition) is 0. The second-order valence-electron chi connectivity index (χ2n) is 7.01. The molecule has 0 spiro atoms. The van der Waals surface area contributed by atoms with Crippen LogP contribution in [0.2, 0.25) is 5.02 Å². The fourth-order valence-electron chi connectivity index (χ4n) is 3.05. The standard InChI is InChI=1S/C23H14BrClN2O3S3/c1-13-2-6-16(7-3-13)32-20-9-4-14(10-19(20)27(29)30)11-21-22(28)26(23(31)33-21)15-5-8-17(24)18(25)12-15/h2-12H,1H3. The number of carbonyl (C=O) groups excluding carboxylic acids is 1. The van der Waals surface area contributed by atoms with Crippen LogP contribution < -0.4 is 4.90 Å². The van der Waals surface area contributed by atoms with Gasteiger partial charge in [0, 0.05) is 15.4 Å². The first-order chi connectivity index (χ1) is 15.7. The summed E-state index contributed by atoms with van der Waals surface area (Å²) in [4.78, 5) is 27.6. The number of nitro benzene ring substituents is 1. The van der Waals surface area contributed by atoms with E-state index in [-0.39, 0.29) is 11.6 Å². The van der Waals surface area contributed by atoms with Gasteiger partial charge in [0.15, 0.2) is 4.32 Å². The van der Waals surface area contributed by atoms with Crippen molar-refractivity contribution in [3.8, 4) is 0 Å². The summed E-state index contributed by atoms with van der Waals surface area (Å²) in [6.07, 6.45) is 1.62. The van der Waals surface area contributed by atoms with E-state index in [1.165, 1.54) is 22.7 Å². The Hall–Kier alpha value is -2.17. The molecule has 1 amide bonds. The van der Waals surface area contributed by atoms with Gasteiger partial charge in [-0.05, 0) is 70.9 Å². The SMILES string of the molecule is Cc1ccc(Sc2ccc(C=C3SC(=S)N(c4ccc(Br)c(Cl)c4)C3=O)cc2[N+](=O)[O-])cc1. The lowest BCUT2D eigenvalue weighted by molar-refractivity contribution is -0.387. The third kappa shape index (κ3) is 5.33. The minimum Gasteiger partial charge on any atom is -0.268 e. The van der Waals surface area contributed by atoms with E-state index in [1.54, 1.807) is 36.4 Å². The van der Waals surface area contributed by atoms with E-state index in [4.69, 9.17) is 23.8 Å². The first-order valence-corrected chi connectivity index (χ1v) is 12.7. The number of aryl methyl sites for hydroxylation is 1. The van der Waals surface area contributed by atoms with Crippen LogP contribution in [0.4, 0.5) is 11.4 Å². The van der Waals surface area contributed by atoms with Crippen LogP contribution in [0.25, 0.3) is 6.08 Å². The molecular formula is C23H14BrClN2O3S3. The Bertz CT molecular complexity index is 1330. The normalized spacial score (nSPS) is 14.9. The molecule has 0 aromatic heterocycles. The summed E-state index contributed by atoms with van der Waals surface area (Å²) in [5.74, 6) is -0.302. The van der Waals surface area contributed by atoms with Crippen LogP contribution in [-0.2, 0) is 4.79 Å². The Morgan fingerprint density at radius 3 is 2.55 bits per heavy atom. The molecule has 0 saturated carbocycles. The zero-order chi connectivity index (χ0) is 23.7. The number of halogens is 2. The van der Waals surface area contributed by atoms with Gasteiger partial charge in [-0.1, -0.05) is 71.1 Å². The van der Waals surface area contributed by atoms with Gasteiger partial charge in [0.25, 0.3) is 11.6 Å². The molecule has 1 saturated heterocycles. The molecule has 166 valence electrons. The molecule has 0 aliphatic carbocycles. The van der Waals surface area contributed by atoms with Gasteiger partial charge in [-0.2, -0.15) is 0 Å². The predicted octanol–water partition coefficient (Wildman–Crippen LogP) is 7.88. The van der Waals surface area contributed by atoms with Crippen molar-refractivity contribution >= 4 is 91.0 Å². The number of rotatable bonds is 5. The Kier molecular flexibility index (Phi) is 7.25. The maximum absolute atomic E-state index is 13.0. The number of nitro groups is 1. The van der Waals surface area contributed by atoms with Crippen LogP contribution in [0.1, 0.15) is 11.1 Å². The van der Waals surface area contributed by atoms with E-state index in [0.717, 1.165) is 22.2 Å². The molecule has 4 rings (SSSR count). The Morgan fingerprint density at radius 2 is 1.88 bits per heavy atom. The molecule has 10 heteroatoms. The lowest BCUT2D eigenvalue weighted by Crippen LogP contribution is -2.27. The van der Waals surface area contributed by atoms with Gasteiger partial charge >= 0.3 is 0 Å². The van der Waals surface area contributed by atoms with Crippen molar-refractivity contribution in [1.82, 2.24) is 0 Å². The summed E-state index contributed by atoms with van der Waals surface area (Å²) in [6.45, 7) is 1.99. The van der Waals surface area contributed by atoms with Gasteiger partial charge in [-0.25, -0.2) is 0 Å². The number of anilines is 1. The van der Waals surface area contributed by atoms with Gasteiger partial charge in [-0.15, -0.1) is 0 Å². The highest BCUT2D eigenvalue weighted by Crippen LogP contribution is 2.40. The summed E-state index contributed by atoms with van der Waals surface area (Å²) in [7, 11) is 0. The first-order valence-electron chi connectivity index (χ1n) is 9.49. The van der Waals surface area contributed by atoms with E-state index < -0.39 is 4.92 Å². The van der Waals surface area contributed by atoms with Crippen molar-refractivity contribution in [1.29, 1.82) is 0 Å². The number of hydrogen-bond acceptors (Lipinski definition) is 6. The smallest absolute Gasteiger partial charge is 0.268 e. The molecule has 1 aliphatic rings. The zero-order valence-corrected chi connectivity index (χ0v) is 21.7. The van der Waals surface area contributed by atoms with E-state index in [0.29, 0.717) is 34.9 Å². The fourth-order valence-corrected chi connectivity index (χ4v) is 5.67. The molecule has 3 aromatic rings. The van der Waals surface area contributed by atoms with Crippen molar-refractivity contribution in [2.45, 2.75) is 16.7 Å². The number of benzene rings is 3. The minimum atomic E-state index is -0.414. The van der Waals surface area contributed by atoms with Gasteiger partial charge < -0.3 is 0 Å². The summed E-state index contributed by atoms with van der Waals surface area (Å²) in [5.41, 5.74) is 2.20. The molecule has 33 heavy (non-hydrogen) atoms. The van der Waals surface area contributed by atoms with Crippen LogP contribution in [0.15, 0.2) is 79.8 Å². The van der Waals surface area contributed by atoms with E-state index in [1.807, 2.05) is 31.2 Å². The Morgan fingerprint density at radius 1 is 1.15 bits per heavy atom. The highest BCUT2D eigenvalue weighted by molar-refractivity contribution is 9.10. The van der Waals surface area contributed by atoms with Crippen molar-refractivity contribution < 1.29 is 9.72 Å². The van der Waals surface area contributed by atoms with Crippen molar-refractivity contribution in [2.75, 3.05) is 4.90 Å². The third-order valence-corrected chi connectivity index (χ3v) is 8.29. The van der Waals surface area contributed by atoms with Gasteiger partial charge in [0.1, 0.15) is 0 Å². The molecule has 1 aliphatic heterocycles. The van der Waals surface area contributed by atoms with Gasteiger partial charge in [0.2, 0.25) is 0 Å². The van der Waals surface area contributed by atoms with Gasteiger partial charge in [-0.3, -0.25) is 19.8 Å². The lowest BCUT2D eigenvalue weighted by atomic mass is 10.2. The number of amides is 1. The highest BCUT2D eigenvalue weighted by Gasteiger charge is 2.33. The molecule has 3 aromatic carbocycles. The molecular weight excluding hydrogens is 564 g/mol. The van der Waals surface area contributed by atoms with Gasteiger partial charge in [0.05, 0.1) is 25.4 Å². The average Bonchev–Trinajstić information content (AvgIpc) is 3.05. The maximum Gasteiger partial charge on any atom is 0.283 e. The number of carbonyl (C=O) groups is 1. The topological polar surface area (TPSA) is 63.5 Å². The molecule has 0 N–H and O–H groups in total. The molecule has 0 radical (unpaired) electrons. The molecule has 1 fully saturated rings. The van der Waals surface area contributed by atoms with Crippen LogP contribution in [0, 0.1) is 17.0 Å². The highest BCUT2D eigenvalue weighted by atomic mass is 79.9. The van der Waals surface area contributed by atoms with Crippen LogP contribution >= 0.6 is 63.3 Å². The molecule has 1 heterocycles. The molecule has 0 bridgehead atoms. The molecule has 0 atom stereocenters. The van der Waals surface area contributed by atoms with E-state index in [9.17, 15) is 14.9 Å². The summed E-state index contributed by atoms with van der Waals surface area (Å²) >= 11 is 17.4. The van der Waals surface area contributed by atoms with E-state index in [2.05, 4.69) is 15.9 Å². The summed E-state index contributed by atoms with van der Waals surface area (Å²) < 4.78 is 1.08. The molecule has 5 nitrogen and oxygen atoms in total. The number of nitrogens with zero attached hydrogens (tertiary/aromatic N) is 2. The second kappa shape index (κ2) is 9.99. The van der Waals surface area contributed by atoms with Crippen molar-refractivity contribution in [3.63, 3.8) is 0 Å². The van der Waals surface area contributed by atoms with Crippen molar-refractivity contribution in [2.24, 2.45) is 0 Å². The Labute approximate surface area is 217 Å². The largest absolute Gasteiger partial charge is 0.283 e. The minimum absolute atomic E-state index is 0.0236. The zero-order valence-electron chi connectivity index (χ0n) is 17.0. The summed E-state index contributed by atoms with van der Waals surface area (Å²) in [6, 6.07) is 17.8. The molecule has 0 unspecified atom stereocenters. The average molecular weight is 578 g/mol.